The second kappa shape index (κ2) is 6.83. The summed E-state index contributed by atoms with van der Waals surface area (Å²) in [5.41, 5.74) is -0.127. The quantitative estimate of drug-likeness (QED) is 0.935. The minimum absolute atomic E-state index is 0.0439. The molecule has 1 N–H and O–H groups in total. The molecule has 0 spiro atoms. The van der Waals surface area contributed by atoms with Gasteiger partial charge in [-0.1, -0.05) is 26.7 Å². The highest BCUT2D eigenvalue weighted by Crippen LogP contribution is 2.24. The van der Waals surface area contributed by atoms with Crippen LogP contribution in [0.2, 0.25) is 0 Å². The van der Waals surface area contributed by atoms with E-state index in [9.17, 15) is 9.59 Å². The molecule has 1 aliphatic rings. The summed E-state index contributed by atoms with van der Waals surface area (Å²) in [5, 5.41) is 3.70. The Kier molecular flexibility index (Phi) is 4.80. The van der Waals surface area contributed by atoms with Gasteiger partial charge in [0.1, 0.15) is 11.4 Å². The molecule has 3 rings (SSSR count). The molecule has 2 aromatic heterocycles. The zero-order chi connectivity index (χ0) is 16.4. The molecular formula is C17H23N3O2S. The fraction of sp³-hybridized carbons (Fsp3) is 0.588. The number of aryl methyl sites for hydroxylation is 1. The fourth-order valence-corrected chi connectivity index (χ4v) is 4.16. The van der Waals surface area contributed by atoms with E-state index in [1.165, 1.54) is 17.3 Å². The molecule has 6 heteroatoms. The summed E-state index contributed by atoms with van der Waals surface area (Å²) in [6.45, 7) is 4.28. The third kappa shape index (κ3) is 3.47. The van der Waals surface area contributed by atoms with Crippen molar-refractivity contribution in [2.75, 3.05) is 0 Å². The monoisotopic (exact) mass is 333 g/mol. The minimum Gasteiger partial charge on any atom is -0.352 e. The Bertz CT molecular complexity index is 765. The first-order chi connectivity index (χ1) is 11.1. The highest BCUT2D eigenvalue weighted by Gasteiger charge is 2.23. The van der Waals surface area contributed by atoms with Crippen molar-refractivity contribution in [2.45, 2.75) is 58.5 Å². The van der Waals surface area contributed by atoms with E-state index in [1.54, 1.807) is 11.3 Å². The summed E-state index contributed by atoms with van der Waals surface area (Å²) in [7, 11) is 0. The second-order valence-corrected chi connectivity index (χ2v) is 7.51. The van der Waals surface area contributed by atoms with Gasteiger partial charge in [-0.05, 0) is 31.2 Å². The van der Waals surface area contributed by atoms with Gasteiger partial charge in [-0.15, -0.1) is 11.3 Å². The highest BCUT2D eigenvalue weighted by molar-refractivity contribution is 7.18. The van der Waals surface area contributed by atoms with Gasteiger partial charge in [0.15, 0.2) is 0 Å². The first-order valence-corrected chi connectivity index (χ1v) is 9.17. The molecular weight excluding hydrogens is 310 g/mol. The Balaban J connectivity index is 1.74. The average molecular weight is 333 g/mol. The summed E-state index contributed by atoms with van der Waals surface area (Å²) in [4.78, 5) is 31.0. The number of thiophene rings is 1. The van der Waals surface area contributed by atoms with Gasteiger partial charge in [0, 0.05) is 10.9 Å². The molecule has 5 nitrogen and oxygen atoms in total. The Labute approximate surface area is 139 Å². The van der Waals surface area contributed by atoms with Crippen LogP contribution in [0.25, 0.3) is 10.2 Å². The predicted octanol–water partition coefficient (Wildman–Crippen LogP) is 2.72. The largest absolute Gasteiger partial charge is 0.352 e. The highest BCUT2D eigenvalue weighted by atomic mass is 32.1. The molecule has 23 heavy (non-hydrogen) atoms. The van der Waals surface area contributed by atoms with Crippen molar-refractivity contribution in [1.82, 2.24) is 14.9 Å². The number of carbonyl (C=O) groups is 1. The number of carbonyl (C=O) groups excluding carboxylic acids is 1. The van der Waals surface area contributed by atoms with E-state index in [-0.39, 0.29) is 24.1 Å². The van der Waals surface area contributed by atoms with E-state index >= 15 is 0 Å². The molecule has 2 atom stereocenters. The predicted molar refractivity (Wildman–Crippen MR) is 92.8 cm³/mol. The minimum atomic E-state index is -0.127. The van der Waals surface area contributed by atoms with Crippen LogP contribution in [-0.2, 0) is 17.8 Å². The molecule has 2 heterocycles. The first kappa shape index (κ1) is 16.2. The number of amides is 1. The van der Waals surface area contributed by atoms with Crippen molar-refractivity contribution >= 4 is 27.5 Å². The number of nitrogens with one attached hydrogen (secondary N) is 1. The Morgan fingerprint density at radius 3 is 2.96 bits per heavy atom. The molecule has 1 fully saturated rings. The Hall–Kier alpha value is -1.69. The first-order valence-electron chi connectivity index (χ1n) is 8.35. The van der Waals surface area contributed by atoms with Gasteiger partial charge < -0.3 is 5.32 Å². The lowest BCUT2D eigenvalue weighted by molar-refractivity contribution is -0.123. The lowest BCUT2D eigenvalue weighted by Gasteiger charge is -2.29. The van der Waals surface area contributed by atoms with Crippen LogP contribution in [0.3, 0.4) is 0 Å². The molecule has 0 radical (unpaired) electrons. The van der Waals surface area contributed by atoms with Crippen LogP contribution >= 0.6 is 11.3 Å². The molecule has 1 amide bonds. The average Bonchev–Trinajstić information content (AvgIpc) is 2.96. The van der Waals surface area contributed by atoms with Gasteiger partial charge in [0.2, 0.25) is 5.91 Å². The maximum atomic E-state index is 12.5. The van der Waals surface area contributed by atoms with Crippen LogP contribution in [0.15, 0.2) is 17.2 Å². The maximum Gasteiger partial charge on any atom is 0.262 e. The number of aromatic nitrogens is 2. The zero-order valence-electron chi connectivity index (χ0n) is 13.7. The van der Waals surface area contributed by atoms with E-state index in [1.807, 2.05) is 6.07 Å². The van der Waals surface area contributed by atoms with Crippen molar-refractivity contribution in [3.63, 3.8) is 0 Å². The fourth-order valence-electron chi connectivity index (χ4n) is 3.23. The van der Waals surface area contributed by atoms with Gasteiger partial charge in [0.25, 0.3) is 5.56 Å². The molecule has 0 unspecified atom stereocenters. The van der Waals surface area contributed by atoms with E-state index in [0.717, 1.165) is 35.4 Å². The summed E-state index contributed by atoms with van der Waals surface area (Å²) in [5.74, 6) is 0.409. The van der Waals surface area contributed by atoms with Crippen molar-refractivity contribution in [3.05, 3.63) is 27.6 Å². The summed E-state index contributed by atoms with van der Waals surface area (Å²) in [6, 6.07) is 2.13. The maximum absolute atomic E-state index is 12.5. The van der Waals surface area contributed by atoms with Gasteiger partial charge in [-0.2, -0.15) is 0 Å². The van der Waals surface area contributed by atoms with E-state index in [2.05, 4.69) is 24.1 Å². The van der Waals surface area contributed by atoms with Crippen LogP contribution in [0.4, 0.5) is 0 Å². The Morgan fingerprint density at radius 1 is 1.43 bits per heavy atom. The standard InChI is InChI=1S/C17H23N3O2S/c1-3-12-8-13-16(23-12)18-10-20(17(13)22)9-15(21)19-14-7-5-4-6-11(14)2/h8,10-11,14H,3-7,9H2,1-2H3,(H,19,21)/t11-,14-/m1/s1. The summed E-state index contributed by atoms with van der Waals surface area (Å²) < 4.78 is 1.41. The lowest BCUT2D eigenvalue weighted by Crippen LogP contribution is -2.43. The van der Waals surface area contributed by atoms with Gasteiger partial charge >= 0.3 is 0 Å². The van der Waals surface area contributed by atoms with Crippen LogP contribution in [0.5, 0.6) is 0 Å². The number of hydrogen-bond acceptors (Lipinski definition) is 4. The normalized spacial score (nSPS) is 21.5. The smallest absolute Gasteiger partial charge is 0.262 e. The van der Waals surface area contributed by atoms with Crippen molar-refractivity contribution in [3.8, 4) is 0 Å². The van der Waals surface area contributed by atoms with Crippen LogP contribution in [0, 0.1) is 5.92 Å². The molecule has 1 saturated carbocycles. The number of hydrogen-bond donors (Lipinski definition) is 1. The van der Waals surface area contributed by atoms with Crippen molar-refractivity contribution in [2.24, 2.45) is 5.92 Å². The topological polar surface area (TPSA) is 64.0 Å². The second-order valence-electron chi connectivity index (χ2n) is 6.40. The van der Waals surface area contributed by atoms with Gasteiger partial charge in [-0.25, -0.2) is 4.98 Å². The van der Waals surface area contributed by atoms with Crippen LogP contribution < -0.4 is 10.9 Å². The number of rotatable bonds is 4. The van der Waals surface area contributed by atoms with E-state index in [0.29, 0.717) is 11.3 Å². The van der Waals surface area contributed by atoms with E-state index < -0.39 is 0 Å². The molecule has 0 aliphatic heterocycles. The van der Waals surface area contributed by atoms with Crippen LogP contribution in [0.1, 0.15) is 44.4 Å². The van der Waals surface area contributed by atoms with Crippen molar-refractivity contribution < 1.29 is 4.79 Å². The number of fused-ring (bicyclic) bond motifs is 1. The number of nitrogens with zero attached hydrogens (tertiary/aromatic N) is 2. The summed E-state index contributed by atoms with van der Waals surface area (Å²) in [6.07, 6.45) is 6.98. The zero-order valence-corrected chi connectivity index (χ0v) is 14.5. The van der Waals surface area contributed by atoms with Crippen molar-refractivity contribution in [1.29, 1.82) is 0 Å². The van der Waals surface area contributed by atoms with Gasteiger partial charge in [0.05, 0.1) is 11.7 Å². The van der Waals surface area contributed by atoms with Crippen LogP contribution in [-0.4, -0.2) is 21.5 Å². The molecule has 124 valence electrons. The Morgan fingerprint density at radius 2 is 2.22 bits per heavy atom. The molecule has 0 bridgehead atoms. The molecule has 0 saturated heterocycles. The third-order valence-electron chi connectivity index (χ3n) is 4.69. The summed E-state index contributed by atoms with van der Waals surface area (Å²) >= 11 is 1.54. The SMILES string of the molecule is CCc1cc2c(=O)n(CC(=O)N[C@@H]3CCCC[C@H]3C)cnc2s1. The third-order valence-corrected chi connectivity index (χ3v) is 5.88. The van der Waals surface area contributed by atoms with Gasteiger partial charge in [-0.3, -0.25) is 14.2 Å². The molecule has 0 aromatic carbocycles. The van der Waals surface area contributed by atoms with E-state index in [4.69, 9.17) is 0 Å². The molecule has 2 aromatic rings. The molecule has 1 aliphatic carbocycles. The lowest BCUT2D eigenvalue weighted by atomic mass is 9.86.